The zero-order chi connectivity index (χ0) is 22.5. The lowest BCUT2D eigenvalue weighted by atomic mass is 9.82. The van der Waals surface area contributed by atoms with Crippen LogP contribution in [0.25, 0.3) is 22.3 Å². The van der Waals surface area contributed by atoms with E-state index in [4.69, 9.17) is 0 Å². The summed E-state index contributed by atoms with van der Waals surface area (Å²) in [6, 6.07) is 33.2. The van der Waals surface area contributed by atoms with E-state index in [-0.39, 0.29) is 10.8 Å². The first-order valence-electron chi connectivity index (χ1n) is 11.5. The van der Waals surface area contributed by atoms with Gasteiger partial charge in [0, 0.05) is 16.8 Å². The molecule has 0 fully saturated rings. The van der Waals surface area contributed by atoms with Gasteiger partial charge in [0.2, 0.25) is 0 Å². The first-order chi connectivity index (χ1) is 15.2. The largest absolute Gasteiger partial charge is 0.356 e. The van der Waals surface area contributed by atoms with Crippen molar-refractivity contribution in [3.8, 4) is 22.3 Å². The smallest absolute Gasteiger partial charge is 0.0387 e. The molecule has 1 aliphatic carbocycles. The fourth-order valence-electron chi connectivity index (χ4n) is 4.86. The number of nitrogens with one attached hydrogen (secondary N) is 1. The van der Waals surface area contributed by atoms with Crippen LogP contribution < -0.4 is 5.32 Å². The number of rotatable bonds is 3. The average molecular weight is 418 g/mol. The normalized spacial score (nSPS) is 14.0. The topological polar surface area (TPSA) is 12.0 Å². The molecule has 32 heavy (non-hydrogen) atoms. The van der Waals surface area contributed by atoms with E-state index >= 15 is 0 Å². The summed E-state index contributed by atoms with van der Waals surface area (Å²) in [4.78, 5) is 0. The third-order valence-electron chi connectivity index (χ3n) is 6.82. The van der Waals surface area contributed by atoms with Crippen molar-refractivity contribution < 1.29 is 0 Å². The Morgan fingerprint density at radius 3 is 1.97 bits per heavy atom. The minimum atomic E-state index is -0.0202. The van der Waals surface area contributed by atoms with Crippen LogP contribution in [0.5, 0.6) is 0 Å². The second-order valence-electron chi connectivity index (χ2n) is 10.5. The van der Waals surface area contributed by atoms with E-state index in [1.54, 1.807) is 0 Å². The fraction of sp³-hybridized carbons (Fsp3) is 0.226. The number of anilines is 2. The quantitative estimate of drug-likeness (QED) is 0.351. The van der Waals surface area contributed by atoms with Crippen molar-refractivity contribution in [2.45, 2.75) is 45.4 Å². The van der Waals surface area contributed by atoms with Crippen molar-refractivity contribution in [3.63, 3.8) is 0 Å². The summed E-state index contributed by atoms with van der Waals surface area (Å²) < 4.78 is 0. The van der Waals surface area contributed by atoms with Crippen LogP contribution in [0, 0.1) is 0 Å². The molecule has 0 aromatic heterocycles. The maximum Gasteiger partial charge on any atom is 0.0387 e. The molecule has 1 N–H and O–H groups in total. The molecule has 0 unspecified atom stereocenters. The van der Waals surface area contributed by atoms with E-state index in [0.29, 0.717) is 0 Å². The first-order valence-corrected chi connectivity index (χ1v) is 11.5. The highest BCUT2D eigenvalue weighted by Gasteiger charge is 2.35. The molecule has 1 aliphatic rings. The standard InChI is InChI=1S/C31H31N/c1-30(2,3)23-12-14-24(15-13-23)32-25-16-17-26-27-19-22(21-9-7-6-8-10-21)11-18-28(27)31(4,5)29(26)20-25/h6-20,32H,1-5H3. The molecular weight excluding hydrogens is 386 g/mol. The van der Waals surface area contributed by atoms with Gasteiger partial charge < -0.3 is 5.32 Å². The molecule has 1 nitrogen and oxygen atoms in total. The Morgan fingerprint density at radius 1 is 0.594 bits per heavy atom. The number of fused-ring (bicyclic) bond motifs is 3. The van der Waals surface area contributed by atoms with Crippen molar-refractivity contribution >= 4 is 11.4 Å². The van der Waals surface area contributed by atoms with Crippen molar-refractivity contribution in [2.75, 3.05) is 5.32 Å². The van der Waals surface area contributed by atoms with Gasteiger partial charge in [-0.2, -0.15) is 0 Å². The molecular formula is C31H31N. The monoisotopic (exact) mass is 417 g/mol. The fourth-order valence-corrected chi connectivity index (χ4v) is 4.86. The lowest BCUT2D eigenvalue weighted by molar-refractivity contribution is 0.590. The molecule has 4 aromatic carbocycles. The summed E-state index contributed by atoms with van der Waals surface area (Å²) in [6.45, 7) is 11.4. The lowest BCUT2D eigenvalue weighted by Gasteiger charge is -2.22. The number of hydrogen-bond donors (Lipinski definition) is 1. The van der Waals surface area contributed by atoms with Crippen LogP contribution in [0.2, 0.25) is 0 Å². The third kappa shape index (κ3) is 3.52. The van der Waals surface area contributed by atoms with Crippen molar-refractivity contribution in [3.05, 3.63) is 108 Å². The summed E-state index contributed by atoms with van der Waals surface area (Å²) in [7, 11) is 0. The molecule has 0 atom stereocenters. The summed E-state index contributed by atoms with van der Waals surface area (Å²) in [5.74, 6) is 0. The van der Waals surface area contributed by atoms with Gasteiger partial charge in [-0.25, -0.2) is 0 Å². The molecule has 5 rings (SSSR count). The molecule has 0 aliphatic heterocycles. The van der Waals surface area contributed by atoms with Crippen LogP contribution in [0.1, 0.15) is 51.3 Å². The summed E-state index contributed by atoms with van der Waals surface area (Å²) in [5, 5.41) is 3.61. The zero-order valence-electron chi connectivity index (χ0n) is 19.7. The van der Waals surface area contributed by atoms with Gasteiger partial charge in [-0.15, -0.1) is 0 Å². The molecule has 1 heteroatoms. The first kappa shape index (κ1) is 20.6. The van der Waals surface area contributed by atoms with Crippen LogP contribution in [-0.2, 0) is 10.8 Å². The molecule has 0 bridgehead atoms. The molecule has 0 saturated carbocycles. The molecule has 0 spiro atoms. The highest BCUT2D eigenvalue weighted by Crippen LogP contribution is 2.50. The van der Waals surface area contributed by atoms with Crippen LogP contribution in [-0.4, -0.2) is 0 Å². The van der Waals surface area contributed by atoms with Gasteiger partial charge in [0.05, 0.1) is 0 Å². The van der Waals surface area contributed by atoms with E-state index in [2.05, 4.69) is 131 Å². The Morgan fingerprint density at radius 2 is 1.28 bits per heavy atom. The summed E-state index contributed by atoms with van der Waals surface area (Å²) in [6.07, 6.45) is 0. The van der Waals surface area contributed by atoms with Gasteiger partial charge in [0.15, 0.2) is 0 Å². The van der Waals surface area contributed by atoms with E-state index in [1.807, 2.05) is 0 Å². The second kappa shape index (κ2) is 7.38. The van der Waals surface area contributed by atoms with E-state index < -0.39 is 0 Å². The van der Waals surface area contributed by atoms with Gasteiger partial charge in [0.1, 0.15) is 0 Å². The maximum absolute atomic E-state index is 3.61. The minimum absolute atomic E-state index is 0.0202. The second-order valence-corrected chi connectivity index (χ2v) is 10.5. The third-order valence-corrected chi connectivity index (χ3v) is 6.82. The lowest BCUT2D eigenvalue weighted by Crippen LogP contribution is -2.15. The van der Waals surface area contributed by atoms with Crippen LogP contribution >= 0.6 is 0 Å². The SMILES string of the molecule is CC(C)(C)c1ccc(Nc2ccc3c(c2)C(C)(C)c2ccc(-c4ccccc4)cc2-3)cc1. The number of benzene rings is 4. The van der Waals surface area contributed by atoms with Gasteiger partial charge in [-0.1, -0.05) is 95.3 Å². The summed E-state index contributed by atoms with van der Waals surface area (Å²) >= 11 is 0. The Balaban J connectivity index is 1.49. The van der Waals surface area contributed by atoms with E-state index in [1.165, 1.54) is 38.9 Å². The van der Waals surface area contributed by atoms with Crippen LogP contribution in [0.4, 0.5) is 11.4 Å². The van der Waals surface area contributed by atoms with Gasteiger partial charge >= 0.3 is 0 Å². The zero-order valence-corrected chi connectivity index (χ0v) is 19.7. The maximum atomic E-state index is 3.61. The van der Waals surface area contributed by atoms with Crippen molar-refractivity contribution in [1.82, 2.24) is 0 Å². The van der Waals surface area contributed by atoms with Crippen LogP contribution in [0.3, 0.4) is 0 Å². The van der Waals surface area contributed by atoms with E-state index in [0.717, 1.165) is 11.4 Å². The predicted octanol–water partition coefficient (Wildman–Crippen LogP) is 8.70. The van der Waals surface area contributed by atoms with Gasteiger partial charge in [-0.3, -0.25) is 0 Å². The molecule has 4 aromatic rings. The summed E-state index contributed by atoms with van der Waals surface area (Å²) in [5.41, 5.74) is 11.8. The Hall–Kier alpha value is -3.32. The van der Waals surface area contributed by atoms with E-state index in [9.17, 15) is 0 Å². The highest BCUT2D eigenvalue weighted by molar-refractivity contribution is 5.86. The average Bonchev–Trinajstić information content (AvgIpc) is 3.00. The Labute approximate surface area is 192 Å². The predicted molar refractivity (Wildman–Crippen MR) is 138 cm³/mol. The van der Waals surface area contributed by atoms with Crippen LogP contribution in [0.15, 0.2) is 91.0 Å². The van der Waals surface area contributed by atoms with Gasteiger partial charge in [0.25, 0.3) is 0 Å². The van der Waals surface area contributed by atoms with Gasteiger partial charge in [-0.05, 0) is 74.7 Å². The Kier molecular flexibility index (Phi) is 4.74. The minimum Gasteiger partial charge on any atom is -0.356 e. The Bertz CT molecular complexity index is 1270. The molecule has 0 amide bonds. The molecule has 0 saturated heterocycles. The number of hydrogen-bond acceptors (Lipinski definition) is 1. The molecule has 0 radical (unpaired) electrons. The molecule has 160 valence electrons. The van der Waals surface area contributed by atoms with Crippen molar-refractivity contribution in [1.29, 1.82) is 0 Å². The highest BCUT2D eigenvalue weighted by atomic mass is 14.9. The molecule has 0 heterocycles. The van der Waals surface area contributed by atoms with Crippen molar-refractivity contribution in [2.24, 2.45) is 0 Å².